The highest BCUT2D eigenvalue weighted by atomic mass is 16.2. The SMILES string of the molecule is CC(C)NC(=O)C(C)NCc1ccccc1. The van der Waals surface area contributed by atoms with Gasteiger partial charge in [0, 0.05) is 12.6 Å². The maximum atomic E-state index is 11.6. The highest BCUT2D eigenvalue weighted by molar-refractivity contribution is 5.81. The smallest absolute Gasteiger partial charge is 0.237 e. The van der Waals surface area contributed by atoms with Crippen molar-refractivity contribution < 1.29 is 4.79 Å². The lowest BCUT2D eigenvalue weighted by molar-refractivity contribution is -0.123. The van der Waals surface area contributed by atoms with Gasteiger partial charge < -0.3 is 10.6 Å². The van der Waals surface area contributed by atoms with Gasteiger partial charge in [-0.15, -0.1) is 0 Å². The number of carbonyl (C=O) groups is 1. The summed E-state index contributed by atoms with van der Waals surface area (Å²) in [4.78, 5) is 11.6. The van der Waals surface area contributed by atoms with Gasteiger partial charge >= 0.3 is 0 Å². The Kier molecular flexibility index (Phi) is 4.99. The fourth-order valence-corrected chi connectivity index (χ4v) is 1.37. The van der Waals surface area contributed by atoms with Crippen molar-refractivity contribution in [2.24, 2.45) is 0 Å². The molecule has 0 aliphatic carbocycles. The van der Waals surface area contributed by atoms with Gasteiger partial charge in [-0.3, -0.25) is 4.79 Å². The molecule has 0 aliphatic rings. The van der Waals surface area contributed by atoms with Crippen LogP contribution in [-0.2, 0) is 11.3 Å². The third kappa shape index (κ3) is 4.45. The minimum atomic E-state index is -0.164. The summed E-state index contributed by atoms with van der Waals surface area (Å²) < 4.78 is 0. The van der Waals surface area contributed by atoms with E-state index in [-0.39, 0.29) is 18.0 Å². The second-order valence-corrected chi connectivity index (χ2v) is 4.25. The number of amides is 1. The fourth-order valence-electron chi connectivity index (χ4n) is 1.37. The number of hydrogen-bond donors (Lipinski definition) is 2. The zero-order valence-electron chi connectivity index (χ0n) is 10.2. The standard InChI is InChI=1S/C13H20N2O/c1-10(2)15-13(16)11(3)14-9-12-7-5-4-6-8-12/h4-8,10-11,14H,9H2,1-3H3,(H,15,16). The zero-order valence-corrected chi connectivity index (χ0v) is 10.2. The highest BCUT2D eigenvalue weighted by Gasteiger charge is 2.12. The quantitative estimate of drug-likeness (QED) is 0.793. The van der Waals surface area contributed by atoms with Crippen LogP contribution in [0.3, 0.4) is 0 Å². The second-order valence-electron chi connectivity index (χ2n) is 4.25. The van der Waals surface area contributed by atoms with Crippen molar-refractivity contribution in [1.82, 2.24) is 10.6 Å². The summed E-state index contributed by atoms with van der Waals surface area (Å²) in [6, 6.07) is 10.1. The first-order valence-corrected chi connectivity index (χ1v) is 5.67. The molecule has 1 aromatic rings. The first kappa shape index (κ1) is 12.7. The van der Waals surface area contributed by atoms with E-state index < -0.39 is 0 Å². The number of benzene rings is 1. The number of nitrogens with one attached hydrogen (secondary N) is 2. The van der Waals surface area contributed by atoms with Crippen molar-refractivity contribution in [3.8, 4) is 0 Å². The summed E-state index contributed by atoms with van der Waals surface area (Å²) in [5, 5.41) is 6.07. The molecule has 88 valence electrons. The maximum absolute atomic E-state index is 11.6. The molecule has 0 fully saturated rings. The lowest BCUT2D eigenvalue weighted by atomic mass is 10.2. The summed E-state index contributed by atoms with van der Waals surface area (Å²) >= 11 is 0. The summed E-state index contributed by atoms with van der Waals surface area (Å²) in [5.41, 5.74) is 1.19. The van der Waals surface area contributed by atoms with E-state index in [4.69, 9.17) is 0 Å². The minimum Gasteiger partial charge on any atom is -0.353 e. The van der Waals surface area contributed by atoms with E-state index in [1.165, 1.54) is 5.56 Å². The Labute approximate surface area is 97.2 Å². The van der Waals surface area contributed by atoms with Gasteiger partial charge in [-0.1, -0.05) is 30.3 Å². The maximum Gasteiger partial charge on any atom is 0.237 e. The van der Waals surface area contributed by atoms with Crippen LogP contribution < -0.4 is 10.6 Å². The van der Waals surface area contributed by atoms with Crippen LogP contribution in [0.25, 0.3) is 0 Å². The molecule has 0 spiro atoms. The predicted molar refractivity (Wildman–Crippen MR) is 66.0 cm³/mol. The molecule has 0 saturated carbocycles. The van der Waals surface area contributed by atoms with Gasteiger partial charge in [0.05, 0.1) is 6.04 Å². The van der Waals surface area contributed by atoms with Crippen LogP contribution in [0.5, 0.6) is 0 Å². The highest BCUT2D eigenvalue weighted by Crippen LogP contribution is 1.98. The Hall–Kier alpha value is -1.35. The molecule has 0 heterocycles. The third-order valence-electron chi connectivity index (χ3n) is 2.28. The Morgan fingerprint density at radius 2 is 1.81 bits per heavy atom. The van der Waals surface area contributed by atoms with E-state index in [0.717, 1.165) is 0 Å². The molecule has 0 bridgehead atoms. The minimum absolute atomic E-state index is 0.0472. The normalized spacial score (nSPS) is 12.5. The van der Waals surface area contributed by atoms with E-state index in [2.05, 4.69) is 10.6 Å². The van der Waals surface area contributed by atoms with Crippen LogP contribution in [-0.4, -0.2) is 18.0 Å². The molecule has 3 nitrogen and oxygen atoms in total. The van der Waals surface area contributed by atoms with Crippen molar-refractivity contribution in [2.75, 3.05) is 0 Å². The van der Waals surface area contributed by atoms with Crippen LogP contribution in [0.4, 0.5) is 0 Å². The lowest BCUT2D eigenvalue weighted by Gasteiger charge is -2.15. The Morgan fingerprint density at radius 1 is 1.19 bits per heavy atom. The van der Waals surface area contributed by atoms with Crippen molar-refractivity contribution in [3.63, 3.8) is 0 Å². The second kappa shape index (κ2) is 6.28. The lowest BCUT2D eigenvalue weighted by Crippen LogP contribution is -2.44. The fraction of sp³-hybridized carbons (Fsp3) is 0.462. The van der Waals surface area contributed by atoms with Gasteiger partial charge in [0.1, 0.15) is 0 Å². The largest absolute Gasteiger partial charge is 0.353 e. The number of rotatable bonds is 5. The Bertz CT molecular complexity index is 322. The monoisotopic (exact) mass is 220 g/mol. The van der Waals surface area contributed by atoms with Gasteiger partial charge in [0.2, 0.25) is 5.91 Å². The van der Waals surface area contributed by atoms with Crippen LogP contribution >= 0.6 is 0 Å². The van der Waals surface area contributed by atoms with Gasteiger partial charge in [-0.25, -0.2) is 0 Å². The third-order valence-corrected chi connectivity index (χ3v) is 2.28. The van der Waals surface area contributed by atoms with Crippen molar-refractivity contribution in [2.45, 2.75) is 39.4 Å². The van der Waals surface area contributed by atoms with Crippen LogP contribution in [0.15, 0.2) is 30.3 Å². The molecule has 16 heavy (non-hydrogen) atoms. The molecule has 2 N–H and O–H groups in total. The molecule has 1 atom stereocenters. The zero-order chi connectivity index (χ0) is 12.0. The summed E-state index contributed by atoms with van der Waals surface area (Å²) in [7, 11) is 0. The molecule has 1 rings (SSSR count). The summed E-state index contributed by atoms with van der Waals surface area (Å²) in [5.74, 6) is 0.0472. The first-order chi connectivity index (χ1) is 7.59. The predicted octanol–water partition coefficient (Wildman–Crippen LogP) is 1.69. The van der Waals surface area contributed by atoms with Crippen molar-refractivity contribution in [1.29, 1.82) is 0 Å². The molecule has 1 unspecified atom stereocenters. The van der Waals surface area contributed by atoms with Crippen molar-refractivity contribution >= 4 is 5.91 Å². The van der Waals surface area contributed by atoms with E-state index in [1.54, 1.807) is 0 Å². The molecule has 1 aromatic carbocycles. The molecule has 0 radical (unpaired) electrons. The Balaban J connectivity index is 2.35. The average Bonchev–Trinajstić information content (AvgIpc) is 2.26. The number of carbonyl (C=O) groups excluding carboxylic acids is 1. The molecule has 3 heteroatoms. The van der Waals surface area contributed by atoms with Gasteiger partial charge in [0.25, 0.3) is 0 Å². The van der Waals surface area contributed by atoms with E-state index in [9.17, 15) is 4.79 Å². The molecular weight excluding hydrogens is 200 g/mol. The van der Waals surface area contributed by atoms with Gasteiger partial charge in [0.15, 0.2) is 0 Å². The average molecular weight is 220 g/mol. The van der Waals surface area contributed by atoms with Gasteiger partial charge in [-0.2, -0.15) is 0 Å². The Morgan fingerprint density at radius 3 is 2.38 bits per heavy atom. The topological polar surface area (TPSA) is 41.1 Å². The van der Waals surface area contributed by atoms with Crippen LogP contribution in [0, 0.1) is 0 Å². The summed E-state index contributed by atoms with van der Waals surface area (Å²) in [6.45, 7) is 6.51. The molecule has 0 aliphatic heterocycles. The summed E-state index contributed by atoms with van der Waals surface area (Å²) in [6.07, 6.45) is 0. The van der Waals surface area contributed by atoms with Crippen LogP contribution in [0.2, 0.25) is 0 Å². The molecule has 1 amide bonds. The molecule has 0 aromatic heterocycles. The van der Waals surface area contributed by atoms with E-state index in [1.807, 2.05) is 51.1 Å². The van der Waals surface area contributed by atoms with Crippen LogP contribution in [0.1, 0.15) is 26.3 Å². The van der Waals surface area contributed by atoms with Gasteiger partial charge in [-0.05, 0) is 26.3 Å². The van der Waals surface area contributed by atoms with E-state index in [0.29, 0.717) is 6.54 Å². The molecular formula is C13H20N2O. The van der Waals surface area contributed by atoms with E-state index >= 15 is 0 Å². The molecule has 0 saturated heterocycles. The number of hydrogen-bond acceptors (Lipinski definition) is 2. The van der Waals surface area contributed by atoms with Crippen molar-refractivity contribution in [3.05, 3.63) is 35.9 Å². The first-order valence-electron chi connectivity index (χ1n) is 5.67.